The van der Waals surface area contributed by atoms with Crippen molar-refractivity contribution in [3.63, 3.8) is 0 Å². The van der Waals surface area contributed by atoms with Crippen molar-refractivity contribution in [2.45, 2.75) is 6.54 Å². The normalized spacial score (nSPS) is 12.5. The van der Waals surface area contributed by atoms with Crippen LogP contribution in [0.5, 0.6) is 0 Å². The molecule has 0 radical (unpaired) electrons. The second kappa shape index (κ2) is 5.03. The molecule has 0 saturated carbocycles. The molecule has 0 atom stereocenters. The van der Waals surface area contributed by atoms with E-state index in [4.69, 9.17) is 5.73 Å². The van der Waals surface area contributed by atoms with Gasteiger partial charge in [0, 0.05) is 18.5 Å². The molecule has 0 aliphatic heterocycles. The van der Waals surface area contributed by atoms with Crippen molar-refractivity contribution in [1.82, 2.24) is 4.72 Å². The fourth-order valence-electron chi connectivity index (χ4n) is 1.21. The van der Waals surface area contributed by atoms with E-state index in [1.54, 1.807) is 24.3 Å². The van der Waals surface area contributed by atoms with Gasteiger partial charge in [-0.15, -0.1) is 0 Å². The van der Waals surface area contributed by atoms with Gasteiger partial charge >= 0.3 is 0 Å². The Morgan fingerprint density at radius 1 is 1.18 bits per heavy atom. The van der Waals surface area contributed by atoms with Crippen molar-refractivity contribution in [3.05, 3.63) is 29.8 Å². The number of nitrogens with one attached hydrogen (secondary N) is 1. The zero-order valence-corrected chi connectivity index (χ0v) is 10.9. The van der Waals surface area contributed by atoms with Crippen molar-refractivity contribution in [2.75, 3.05) is 17.1 Å². The standard InChI is InChI=1S/C9H14N2O4S2/c1-16(12,13)7-17(14,15)11-6-8-4-2-3-5-9(8)10/h2-5,11H,6-7,10H2,1H3. The molecule has 0 amide bonds. The molecule has 0 saturated heterocycles. The first-order valence-corrected chi connectivity index (χ1v) is 8.39. The molecule has 8 heteroatoms. The van der Waals surface area contributed by atoms with Crippen molar-refractivity contribution in [2.24, 2.45) is 0 Å². The summed E-state index contributed by atoms with van der Waals surface area (Å²) in [5.41, 5.74) is 6.68. The van der Waals surface area contributed by atoms with Crippen molar-refractivity contribution in [3.8, 4) is 0 Å². The summed E-state index contributed by atoms with van der Waals surface area (Å²) in [5, 5.41) is -0.924. The minimum Gasteiger partial charge on any atom is -0.398 e. The van der Waals surface area contributed by atoms with Gasteiger partial charge in [0.15, 0.2) is 14.9 Å². The third-order valence-corrected chi connectivity index (χ3v) is 5.44. The van der Waals surface area contributed by atoms with Gasteiger partial charge in [0.05, 0.1) is 0 Å². The van der Waals surface area contributed by atoms with Gasteiger partial charge in [-0.05, 0) is 11.6 Å². The lowest BCUT2D eigenvalue weighted by molar-refractivity contribution is 0.581. The SMILES string of the molecule is CS(=O)(=O)CS(=O)(=O)NCc1ccccc1N. The number of nitrogens with two attached hydrogens (primary N) is 1. The quantitative estimate of drug-likeness (QED) is 0.719. The zero-order valence-electron chi connectivity index (χ0n) is 9.25. The first kappa shape index (κ1) is 13.9. The maximum Gasteiger partial charge on any atom is 0.226 e. The maximum atomic E-state index is 11.4. The van der Waals surface area contributed by atoms with Crippen LogP contribution < -0.4 is 10.5 Å². The molecule has 1 aromatic rings. The van der Waals surface area contributed by atoms with E-state index >= 15 is 0 Å². The number of rotatable bonds is 5. The first-order valence-electron chi connectivity index (χ1n) is 4.68. The van der Waals surface area contributed by atoms with Gasteiger partial charge in [-0.25, -0.2) is 21.6 Å². The van der Waals surface area contributed by atoms with E-state index in [9.17, 15) is 16.8 Å². The molecule has 0 spiro atoms. The summed E-state index contributed by atoms with van der Waals surface area (Å²) >= 11 is 0. The molecule has 0 bridgehead atoms. The van der Waals surface area contributed by atoms with Gasteiger partial charge in [0.1, 0.15) is 0 Å². The Kier molecular flexibility index (Phi) is 4.12. The lowest BCUT2D eigenvalue weighted by atomic mass is 10.2. The van der Waals surface area contributed by atoms with Crippen LogP contribution in [-0.2, 0) is 26.4 Å². The Balaban J connectivity index is 2.72. The predicted octanol–water partition coefficient (Wildman–Crippen LogP) is -0.310. The minimum atomic E-state index is -3.85. The van der Waals surface area contributed by atoms with E-state index < -0.39 is 24.9 Å². The summed E-state index contributed by atoms with van der Waals surface area (Å²) in [7, 11) is -7.43. The second-order valence-corrected chi connectivity index (χ2v) is 7.99. The zero-order chi connectivity index (χ0) is 13.1. The van der Waals surface area contributed by atoms with E-state index in [2.05, 4.69) is 4.72 Å². The molecular formula is C9H14N2O4S2. The molecule has 0 aliphatic rings. The van der Waals surface area contributed by atoms with Crippen LogP contribution in [0.25, 0.3) is 0 Å². The van der Waals surface area contributed by atoms with Crippen LogP contribution in [0, 0.1) is 0 Å². The Hall–Kier alpha value is -1.12. The molecule has 96 valence electrons. The number of hydrogen-bond acceptors (Lipinski definition) is 5. The Labute approximate surface area is 101 Å². The molecule has 6 nitrogen and oxygen atoms in total. The monoisotopic (exact) mass is 278 g/mol. The predicted molar refractivity (Wildman–Crippen MR) is 66.3 cm³/mol. The average Bonchev–Trinajstić information content (AvgIpc) is 2.13. The number of sulfone groups is 1. The average molecular weight is 278 g/mol. The fourth-order valence-corrected chi connectivity index (χ4v) is 4.17. The summed E-state index contributed by atoms with van der Waals surface area (Å²) < 4.78 is 46.7. The van der Waals surface area contributed by atoms with Crippen LogP contribution in [0.1, 0.15) is 5.56 Å². The molecule has 17 heavy (non-hydrogen) atoms. The van der Waals surface area contributed by atoms with Gasteiger partial charge in [-0.3, -0.25) is 0 Å². The number of anilines is 1. The highest BCUT2D eigenvalue weighted by molar-refractivity contribution is 8.06. The molecular weight excluding hydrogens is 264 g/mol. The molecule has 0 heterocycles. The third-order valence-electron chi connectivity index (χ3n) is 1.91. The smallest absolute Gasteiger partial charge is 0.226 e. The summed E-state index contributed by atoms with van der Waals surface area (Å²) in [6.07, 6.45) is 0.864. The summed E-state index contributed by atoms with van der Waals surface area (Å²) in [6, 6.07) is 6.75. The number of para-hydroxylation sites is 1. The van der Waals surface area contributed by atoms with Crippen LogP contribution in [0.2, 0.25) is 0 Å². The first-order chi connectivity index (χ1) is 7.70. The van der Waals surface area contributed by atoms with Crippen LogP contribution in [0.4, 0.5) is 5.69 Å². The molecule has 0 unspecified atom stereocenters. The Morgan fingerprint density at radius 3 is 2.29 bits per heavy atom. The second-order valence-electron chi connectivity index (χ2n) is 3.68. The topological polar surface area (TPSA) is 106 Å². The largest absolute Gasteiger partial charge is 0.398 e. The summed E-state index contributed by atoms with van der Waals surface area (Å²) in [6.45, 7) is -0.0233. The highest BCUT2D eigenvalue weighted by atomic mass is 32.3. The third kappa shape index (κ3) is 5.16. The van der Waals surface area contributed by atoms with Gasteiger partial charge < -0.3 is 5.73 Å². The molecule has 3 N–H and O–H groups in total. The van der Waals surface area contributed by atoms with Gasteiger partial charge in [0.2, 0.25) is 10.0 Å². The Bertz CT molecular complexity index is 593. The van der Waals surface area contributed by atoms with E-state index in [1.165, 1.54) is 0 Å². The maximum absolute atomic E-state index is 11.4. The van der Waals surface area contributed by atoms with Gasteiger partial charge in [-0.2, -0.15) is 0 Å². The van der Waals surface area contributed by atoms with Crippen molar-refractivity contribution < 1.29 is 16.8 Å². The van der Waals surface area contributed by atoms with Crippen LogP contribution >= 0.6 is 0 Å². The molecule has 0 aliphatic carbocycles. The molecule has 0 aromatic heterocycles. The lowest BCUT2D eigenvalue weighted by Gasteiger charge is -2.07. The van der Waals surface area contributed by atoms with Crippen LogP contribution in [0.15, 0.2) is 24.3 Å². The fraction of sp³-hybridized carbons (Fsp3) is 0.333. The van der Waals surface area contributed by atoms with Gasteiger partial charge in [0.25, 0.3) is 0 Å². The molecule has 1 aromatic carbocycles. The van der Waals surface area contributed by atoms with Crippen LogP contribution in [-0.4, -0.2) is 28.2 Å². The van der Waals surface area contributed by atoms with E-state index in [0.717, 1.165) is 6.26 Å². The molecule has 0 fully saturated rings. The van der Waals surface area contributed by atoms with E-state index in [1.807, 2.05) is 0 Å². The van der Waals surface area contributed by atoms with Crippen LogP contribution in [0.3, 0.4) is 0 Å². The number of nitrogen functional groups attached to an aromatic ring is 1. The highest BCUT2D eigenvalue weighted by Crippen LogP contribution is 2.10. The van der Waals surface area contributed by atoms with Crippen molar-refractivity contribution in [1.29, 1.82) is 0 Å². The summed E-state index contributed by atoms with van der Waals surface area (Å²) in [5.74, 6) is 0. The minimum absolute atomic E-state index is 0.0233. The van der Waals surface area contributed by atoms with Gasteiger partial charge in [-0.1, -0.05) is 18.2 Å². The number of sulfonamides is 1. The number of benzene rings is 1. The Morgan fingerprint density at radius 2 is 1.76 bits per heavy atom. The summed E-state index contributed by atoms with van der Waals surface area (Å²) in [4.78, 5) is 0. The van der Waals surface area contributed by atoms with E-state index in [0.29, 0.717) is 11.3 Å². The highest BCUT2D eigenvalue weighted by Gasteiger charge is 2.17. The van der Waals surface area contributed by atoms with E-state index in [-0.39, 0.29) is 6.54 Å². The molecule has 1 rings (SSSR count). The van der Waals surface area contributed by atoms with Crippen molar-refractivity contribution >= 4 is 25.5 Å². The lowest BCUT2D eigenvalue weighted by Crippen LogP contribution is -2.29. The number of hydrogen-bond donors (Lipinski definition) is 2.